The van der Waals surface area contributed by atoms with Crippen molar-refractivity contribution in [2.45, 2.75) is 96.6 Å². The van der Waals surface area contributed by atoms with Gasteiger partial charge in [0.2, 0.25) is 5.91 Å². The van der Waals surface area contributed by atoms with Crippen molar-refractivity contribution in [1.82, 2.24) is 15.2 Å². The molecular formula is C23H36N4O3S. The molecule has 1 aliphatic carbocycles. The second-order valence-electron chi connectivity index (χ2n) is 8.94. The average molecular weight is 449 g/mol. The monoisotopic (exact) mass is 448 g/mol. The van der Waals surface area contributed by atoms with Crippen LogP contribution in [0, 0.1) is 11.8 Å². The van der Waals surface area contributed by atoms with Gasteiger partial charge in [-0.1, -0.05) is 71.6 Å². The minimum absolute atomic E-state index is 0.250. The van der Waals surface area contributed by atoms with E-state index in [0.717, 1.165) is 38.5 Å². The number of rotatable bonds is 11. The van der Waals surface area contributed by atoms with Crippen LogP contribution in [0.5, 0.6) is 0 Å². The Morgan fingerprint density at radius 1 is 1.29 bits per heavy atom. The van der Waals surface area contributed by atoms with E-state index in [2.05, 4.69) is 29.5 Å². The van der Waals surface area contributed by atoms with Gasteiger partial charge < -0.3 is 10.6 Å². The molecule has 2 fully saturated rings. The van der Waals surface area contributed by atoms with Crippen LogP contribution in [0.2, 0.25) is 0 Å². The molecule has 0 spiro atoms. The smallest absolute Gasteiger partial charge is 0.325 e. The van der Waals surface area contributed by atoms with E-state index in [1.807, 2.05) is 0 Å². The van der Waals surface area contributed by atoms with Crippen LogP contribution in [-0.4, -0.2) is 39.8 Å². The molecule has 1 unspecified atom stereocenters. The molecule has 3 atom stereocenters. The number of thiazole rings is 1. The summed E-state index contributed by atoms with van der Waals surface area (Å²) in [5.41, 5.74) is 0. The van der Waals surface area contributed by atoms with Gasteiger partial charge in [-0.25, -0.2) is 14.7 Å². The summed E-state index contributed by atoms with van der Waals surface area (Å²) in [7, 11) is 0. The van der Waals surface area contributed by atoms with Gasteiger partial charge in [0, 0.05) is 11.6 Å². The van der Waals surface area contributed by atoms with Crippen molar-refractivity contribution < 1.29 is 14.4 Å². The lowest BCUT2D eigenvalue weighted by molar-refractivity contribution is -0.134. The van der Waals surface area contributed by atoms with E-state index in [1.165, 1.54) is 35.5 Å². The van der Waals surface area contributed by atoms with Crippen molar-refractivity contribution in [2.75, 3.05) is 5.32 Å². The van der Waals surface area contributed by atoms with Crippen LogP contribution in [-0.2, 0) is 9.59 Å². The van der Waals surface area contributed by atoms with Crippen molar-refractivity contribution in [3.8, 4) is 0 Å². The molecule has 2 aliphatic rings. The van der Waals surface area contributed by atoms with Crippen molar-refractivity contribution in [1.29, 1.82) is 0 Å². The highest BCUT2D eigenvalue weighted by molar-refractivity contribution is 7.13. The number of nitrogens with one attached hydrogen (secondary N) is 2. The van der Waals surface area contributed by atoms with E-state index in [1.54, 1.807) is 11.6 Å². The molecule has 2 heterocycles. The minimum atomic E-state index is -0.811. The Labute approximate surface area is 189 Å². The number of carbonyl (C=O) groups excluding carboxylic acids is 3. The lowest BCUT2D eigenvalue weighted by atomic mass is 9.84. The third kappa shape index (κ3) is 6.28. The van der Waals surface area contributed by atoms with Crippen LogP contribution in [0.15, 0.2) is 11.6 Å². The van der Waals surface area contributed by atoms with Crippen LogP contribution in [0.25, 0.3) is 0 Å². The summed E-state index contributed by atoms with van der Waals surface area (Å²) in [5.74, 6) is 0.176. The molecule has 4 amide bonds. The van der Waals surface area contributed by atoms with E-state index in [9.17, 15) is 14.4 Å². The van der Waals surface area contributed by atoms with E-state index in [4.69, 9.17) is 0 Å². The molecule has 2 N–H and O–H groups in total. The number of imide groups is 1. The van der Waals surface area contributed by atoms with Crippen LogP contribution < -0.4 is 10.6 Å². The molecule has 1 saturated heterocycles. The predicted molar refractivity (Wildman–Crippen MR) is 123 cm³/mol. The largest absolute Gasteiger partial charge is 0.326 e. The highest BCUT2D eigenvalue weighted by atomic mass is 32.1. The second-order valence-corrected chi connectivity index (χ2v) is 9.84. The van der Waals surface area contributed by atoms with E-state index < -0.39 is 18.1 Å². The van der Waals surface area contributed by atoms with E-state index in [0.29, 0.717) is 23.9 Å². The second kappa shape index (κ2) is 11.6. The zero-order valence-corrected chi connectivity index (χ0v) is 19.6. The Bertz CT molecular complexity index is 733. The summed E-state index contributed by atoms with van der Waals surface area (Å²) >= 11 is 1.33. The number of unbranched alkanes of at least 4 members (excludes halogenated alkanes) is 1. The Morgan fingerprint density at radius 3 is 2.71 bits per heavy atom. The molecule has 8 heteroatoms. The Kier molecular flexibility index (Phi) is 8.87. The molecular weight excluding hydrogens is 412 g/mol. The number of carbonyl (C=O) groups is 3. The topological polar surface area (TPSA) is 91.4 Å². The van der Waals surface area contributed by atoms with Gasteiger partial charge in [0.25, 0.3) is 5.91 Å². The molecule has 172 valence electrons. The summed E-state index contributed by atoms with van der Waals surface area (Å²) in [4.78, 5) is 44.7. The van der Waals surface area contributed by atoms with Gasteiger partial charge in [-0.3, -0.25) is 9.59 Å². The number of urea groups is 1. The minimum Gasteiger partial charge on any atom is -0.326 e. The Balaban J connectivity index is 1.74. The maximum Gasteiger partial charge on any atom is 0.325 e. The third-order valence-corrected chi connectivity index (χ3v) is 7.41. The van der Waals surface area contributed by atoms with Gasteiger partial charge in [0.05, 0.1) is 0 Å². The molecule has 3 rings (SSSR count). The van der Waals surface area contributed by atoms with Crippen molar-refractivity contribution in [3.05, 3.63) is 11.6 Å². The predicted octanol–water partition coefficient (Wildman–Crippen LogP) is 4.95. The SMILES string of the molecule is CCCCC(CC)C[C@@H](C(=O)Nc1nccs1)N1C(=O)N[C@@H](CC2CCCCC2)C1=O. The van der Waals surface area contributed by atoms with Gasteiger partial charge in [-0.2, -0.15) is 0 Å². The van der Waals surface area contributed by atoms with E-state index >= 15 is 0 Å². The lowest BCUT2D eigenvalue weighted by Crippen LogP contribution is -2.49. The Hall–Kier alpha value is -1.96. The van der Waals surface area contributed by atoms with Crippen molar-refractivity contribution >= 4 is 34.3 Å². The summed E-state index contributed by atoms with van der Waals surface area (Å²) < 4.78 is 0. The molecule has 31 heavy (non-hydrogen) atoms. The molecule has 0 radical (unpaired) electrons. The fraction of sp³-hybridized carbons (Fsp3) is 0.739. The zero-order valence-electron chi connectivity index (χ0n) is 18.8. The summed E-state index contributed by atoms with van der Waals surface area (Å²) in [6, 6.07) is -1.76. The first-order valence-corrected chi connectivity index (χ1v) is 12.7. The van der Waals surface area contributed by atoms with Gasteiger partial charge >= 0.3 is 6.03 Å². The first kappa shape index (κ1) is 23.7. The molecule has 0 aromatic carbocycles. The van der Waals surface area contributed by atoms with Crippen molar-refractivity contribution in [3.63, 3.8) is 0 Å². The van der Waals surface area contributed by atoms with Gasteiger partial charge in [0.1, 0.15) is 12.1 Å². The fourth-order valence-electron chi connectivity index (χ4n) is 4.86. The highest BCUT2D eigenvalue weighted by Gasteiger charge is 2.45. The highest BCUT2D eigenvalue weighted by Crippen LogP contribution is 2.30. The number of hydrogen-bond acceptors (Lipinski definition) is 5. The molecule has 1 aromatic heterocycles. The molecule has 0 bridgehead atoms. The van der Waals surface area contributed by atoms with Crippen molar-refractivity contribution in [2.24, 2.45) is 11.8 Å². The fourth-order valence-corrected chi connectivity index (χ4v) is 5.39. The molecule has 1 aromatic rings. The number of hydrogen-bond donors (Lipinski definition) is 2. The zero-order chi connectivity index (χ0) is 22.2. The van der Waals surface area contributed by atoms with Gasteiger partial charge in [0.15, 0.2) is 5.13 Å². The summed E-state index contributed by atoms with van der Waals surface area (Å²) in [6.45, 7) is 4.25. The number of aromatic nitrogens is 1. The van der Waals surface area contributed by atoms with E-state index in [-0.39, 0.29) is 17.7 Å². The maximum absolute atomic E-state index is 13.3. The summed E-state index contributed by atoms with van der Waals surface area (Å²) in [6.07, 6.45) is 12.7. The Morgan fingerprint density at radius 2 is 2.06 bits per heavy atom. The first-order valence-electron chi connectivity index (χ1n) is 11.9. The quantitative estimate of drug-likeness (QED) is 0.469. The lowest BCUT2D eigenvalue weighted by Gasteiger charge is -2.28. The van der Waals surface area contributed by atoms with Crippen LogP contribution in [0.4, 0.5) is 9.93 Å². The van der Waals surface area contributed by atoms with Gasteiger partial charge in [-0.15, -0.1) is 11.3 Å². The standard InChI is InChI=1S/C23H36N4O3S/c1-3-5-9-16(4-2)15-19(20(28)26-22-24-12-13-31-22)27-21(29)18(25-23(27)30)14-17-10-7-6-8-11-17/h12-13,16-19H,3-11,14-15H2,1-2H3,(H,25,30)(H,24,26,28)/t16?,18-,19-/m0/s1. The number of amides is 4. The number of nitrogens with zero attached hydrogens (tertiary/aromatic N) is 2. The maximum atomic E-state index is 13.3. The third-order valence-electron chi connectivity index (χ3n) is 6.72. The average Bonchev–Trinajstić information content (AvgIpc) is 3.37. The molecule has 1 saturated carbocycles. The normalized spacial score (nSPS) is 21.7. The van der Waals surface area contributed by atoms with Crippen LogP contribution in [0.3, 0.4) is 0 Å². The molecule has 1 aliphatic heterocycles. The van der Waals surface area contributed by atoms with Crippen LogP contribution in [0.1, 0.15) is 84.5 Å². The summed E-state index contributed by atoms with van der Waals surface area (Å²) in [5, 5.41) is 7.97. The van der Waals surface area contributed by atoms with Gasteiger partial charge in [-0.05, 0) is 24.7 Å². The van der Waals surface area contributed by atoms with Crippen LogP contribution >= 0.6 is 11.3 Å². The molecule has 7 nitrogen and oxygen atoms in total. The first-order chi connectivity index (χ1) is 15.0. The number of anilines is 1.